The lowest BCUT2D eigenvalue weighted by Crippen LogP contribution is -2.50. The van der Waals surface area contributed by atoms with Crippen LogP contribution in [0.4, 0.5) is 0 Å². The van der Waals surface area contributed by atoms with E-state index in [2.05, 4.69) is 17.0 Å². The molecule has 1 unspecified atom stereocenters. The van der Waals surface area contributed by atoms with Crippen LogP contribution in [0.25, 0.3) is 0 Å². The summed E-state index contributed by atoms with van der Waals surface area (Å²) in [6, 6.07) is 10.2. The lowest BCUT2D eigenvalue weighted by atomic mass is 10.2. The van der Waals surface area contributed by atoms with Gasteiger partial charge in [-0.1, -0.05) is 18.2 Å². The van der Waals surface area contributed by atoms with E-state index in [1.54, 1.807) is 11.8 Å². The molecule has 0 saturated carbocycles. The summed E-state index contributed by atoms with van der Waals surface area (Å²) in [5.74, 6) is -0.237. The van der Waals surface area contributed by atoms with Crippen molar-refractivity contribution in [3.8, 4) is 0 Å². The van der Waals surface area contributed by atoms with Crippen LogP contribution in [0.5, 0.6) is 0 Å². The first-order valence-electron chi connectivity index (χ1n) is 8.03. The van der Waals surface area contributed by atoms with E-state index < -0.39 is 22.5 Å². The van der Waals surface area contributed by atoms with Crippen LogP contribution in [0.3, 0.4) is 0 Å². The van der Waals surface area contributed by atoms with E-state index in [1.165, 1.54) is 4.90 Å². The number of sulfonamides is 1. The average Bonchev–Trinajstić information content (AvgIpc) is 2.54. The van der Waals surface area contributed by atoms with Gasteiger partial charge in [-0.15, -0.1) is 11.8 Å². The van der Waals surface area contributed by atoms with Crippen molar-refractivity contribution in [1.29, 1.82) is 0 Å². The SMILES string of the molecule is CS(=O)(=O)N(CC(=O)O)CC1CN(CCSc2ccccc2)CCO1. The predicted octanol–water partition coefficient (Wildman–Crippen LogP) is 0.826. The van der Waals surface area contributed by atoms with Crippen molar-refractivity contribution in [1.82, 2.24) is 9.21 Å². The van der Waals surface area contributed by atoms with E-state index in [-0.39, 0.29) is 12.6 Å². The van der Waals surface area contributed by atoms with Crippen LogP contribution in [-0.2, 0) is 19.6 Å². The fourth-order valence-corrected chi connectivity index (χ4v) is 4.32. The number of nitrogens with zero attached hydrogens (tertiary/aromatic N) is 2. The van der Waals surface area contributed by atoms with Crippen molar-refractivity contribution in [2.45, 2.75) is 11.0 Å². The largest absolute Gasteiger partial charge is 0.480 e. The second kappa shape index (κ2) is 9.54. The molecule has 0 spiro atoms. The Kier molecular flexibility index (Phi) is 7.70. The van der Waals surface area contributed by atoms with Crippen molar-refractivity contribution in [2.24, 2.45) is 0 Å². The molecule has 1 aromatic carbocycles. The number of rotatable bonds is 9. The van der Waals surface area contributed by atoms with Crippen LogP contribution < -0.4 is 0 Å². The molecule has 1 aliphatic rings. The Hall–Kier alpha value is -1.13. The quantitative estimate of drug-likeness (QED) is 0.627. The van der Waals surface area contributed by atoms with Crippen LogP contribution in [0.2, 0.25) is 0 Å². The minimum Gasteiger partial charge on any atom is -0.480 e. The Bertz CT molecular complexity index is 654. The van der Waals surface area contributed by atoms with Crippen LogP contribution in [-0.4, -0.2) is 86.1 Å². The maximum Gasteiger partial charge on any atom is 0.318 e. The van der Waals surface area contributed by atoms with E-state index in [0.29, 0.717) is 13.2 Å². The molecule has 1 fully saturated rings. The Morgan fingerprint density at radius 3 is 2.76 bits per heavy atom. The van der Waals surface area contributed by atoms with Crippen molar-refractivity contribution in [3.05, 3.63) is 30.3 Å². The van der Waals surface area contributed by atoms with E-state index in [1.807, 2.05) is 18.2 Å². The van der Waals surface area contributed by atoms with Gasteiger partial charge in [0.15, 0.2) is 0 Å². The van der Waals surface area contributed by atoms with Crippen LogP contribution in [0.15, 0.2) is 35.2 Å². The standard InChI is InChI=1S/C16H24N2O5S2/c1-25(21,22)18(13-16(19)20)12-14-11-17(7-9-23-14)8-10-24-15-5-3-2-4-6-15/h2-6,14H,7-13H2,1H3,(H,19,20). The minimum absolute atomic E-state index is 0.0630. The number of carboxylic acid groups (broad SMARTS) is 1. The molecule has 0 amide bonds. The Morgan fingerprint density at radius 1 is 1.40 bits per heavy atom. The van der Waals surface area contributed by atoms with Gasteiger partial charge in [0.25, 0.3) is 0 Å². The summed E-state index contributed by atoms with van der Waals surface area (Å²) >= 11 is 1.78. The molecular weight excluding hydrogens is 364 g/mol. The first-order chi connectivity index (χ1) is 11.8. The number of thioether (sulfide) groups is 1. The number of morpholine rings is 1. The summed E-state index contributed by atoms with van der Waals surface area (Å²) in [5, 5.41) is 8.89. The van der Waals surface area contributed by atoms with Gasteiger partial charge in [0.05, 0.1) is 19.0 Å². The third-order valence-corrected chi connectivity index (χ3v) is 6.04. The molecule has 1 atom stereocenters. The smallest absolute Gasteiger partial charge is 0.318 e. The molecule has 0 aliphatic carbocycles. The number of ether oxygens (including phenoxy) is 1. The van der Waals surface area contributed by atoms with Gasteiger partial charge in [-0.3, -0.25) is 9.69 Å². The molecule has 1 aliphatic heterocycles. The van der Waals surface area contributed by atoms with E-state index in [9.17, 15) is 13.2 Å². The number of aliphatic carboxylic acids is 1. The molecule has 0 bridgehead atoms. The maximum atomic E-state index is 11.7. The molecule has 1 aromatic rings. The van der Waals surface area contributed by atoms with Crippen molar-refractivity contribution in [2.75, 3.05) is 51.3 Å². The number of carbonyl (C=O) groups is 1. The number of hydrogen-bond acceptors (Lipinski definition) is 6. The van der Waals surface area contributed by atoms with Crippen molar-refractivity contribution >= 4 is 27.8 Å². The predicted molar refractivity (Wildman–Crippen MR) is 97.4 cm³/mol. The minimum atomic E-state index is -3.58. The molecule has 140 valence electrons. The first-order valence-corrected chi connectivity index (χ1v) is 10.9. The fourth-order valence-electron chi connectivity index (χ4n) is 2.60. The molecule has 9 heteroatoms. The zero-order valence-corrected chi connectivity index (χ0v) is 15.8. The Labute approximate surface area is 153 Å². The Morgan fingerprint density at radius 2 is 2.12 bits per heavy atom. The number of hydrogen-bond donors (Lipinski definition) is 1. The highest BCUT2D eigenvalue weighted by Gasteiger charge is 2.27. The second-order valence-corrected chi connectivity index (χ2v) is 9.05. The van der Waals surface area contributed by atoms with E-state index in [0.717, 1.165) is 29.4 Å². The normalized spacial score (nSPS) is 19.2. The van der Waals surface area contributed by atoms with Crippen LogP contribution in [0, 0.1) is 0 Å². The van der Waals surface area contributed by atoms with E-state index in [4.69, 9.17) is 9.84 Å². The number of carboxylic acids is 1. The highest BCUT2D eigenvalue weighted by Crippen LogP contribution is 2.17. The lowest BCUT2D eigenvalue weighted by molar-refractivity contribution is -0.137. The molecule has 0 aromatic heterocycles. The number of benzene rings is 1. The summed E-state index contributed by atoms with van der Waals surface area (Å²) in [6.07, 6.45) is 0.706. The summed E-state index contributed by atoms with van der Waals surface area (Å²) in [5.41, 5.74) is 0. The zero-order chi connectivity index (χ0) is 18.3. The molecule has 1 saturated heterocycles. The summed E-state index contributed by atoms with van der Waals surface area (Å²) < 4.78 is 30.1. The van der Waals surface area contributed by atoms with Crippen LogP contribution >= 0.6 is 11.8 Å². The van der Waals surface area contributed by atoms with Gasteiger partial charge in [0, 0.05) is 36.8 Å². The van der Waals surface area contributed by atoms with Gasteiger partial charge in [0.2, 0.25) is 10.0 Å². The van der Waals surface area contributed by atoms with Crippen molar-refractivity contribution < 1.29 is 23.1 Å². The van der Waals surface area contributed by atoms with Crippen molar-refractivity contribution in [3.63, 3.8) is 0 Å². The maximum absolute atomic E-state index is 11.7. The van der Waals surface area contributed by atoms with Crippen LogP contribution in [0.1, 0.15) is 0 Å². The second-order valence-electron chi connectivity index (χ2n) is 5.90. The summed E-state index contributed by atoms with van der Waals surface area (Å²) in [4.78, 5) is 14.3. The average molecular weight is 389 g/mol. The first kappa shape index (κ1) is 20.2. The highest BCUT2D eigenvalue weighted by molar-refractivity contribution is 7.99. The monoisotopic (exact) mass is 388 g/mol. The molecule has 1 N–H and O–H groups in total. The zero-order valence-electron chi connectivity index (χ0n) is 14.2. The third kappa shape index (κ3) is 7.33. The molecule has 0 radical (unpaired) electrons. The summed E-state index contributed by atoms with van der Waals surface area (Å²) in [7, 11) is -3.58. The van der Waals surface area contributed by atoms with Gasteiger partial charge in [-0.2, -0.15) is 4.31 Å². The van der Waals surface area contributed by atoms with E-state index >= 15 is 0 Å². The van der Waals surface area contributed by atoms with Gasteiger partial charge >= 0.3 is 5.97 Å². The Balaban J connectivity index is 1.82. The third-order valence-electron chi connectivity index (χ3n) is 3.83. The molecule has 25 heavy (non-hydrogen) atoms. The van der Waals surface area contributed by atoms with Gasteiger partial charge in [0.1, 0.15) is 6.54 Å². The topological polar surface area (TPSA) is 87.2 Å². The summed E-state index contributed by atoms with van der Waals surface area (Å²) in [6.45, 7) is 2.31. The van der Waals surface area contributed by atoms with Gasteiger partial charge < -0.3 is 9.84 Å². The fraction of sp³-hybridized carbons (Fsp3) is 0.562. The van der Waals surface area contributed by atoms with Gasteiger partial charge in [-0.05, 0) is 12.1 Å². The molecule has 7 nitrogen and oxygen atoms in total. The molecular formula is C16H24N2O5S2. The van der Waals surface area contributed by atoms with Gasteiger partial charge in [-0.25, -0.2) is 8.42 Å². The molecule has 1 heterocycles. The molecule has 2 rings (SSSR count). The highest BCUT2D eigenvalue weighted by atomic mass is 32.2. The lowest BCUT2D eigenvalue weighted by Gasteiger charge is -2.34.